The summed E-state index contributed by atoms with van der Waals surface area (Å²) in [5.41, 5.74) is 5.80. The van der Waals surface area contributed by atoms with Crippen molar-refractivity contribution in [1.82, 2.24) is 15.5 Å². The number of nitrogens with one attached hydrogen (secondary N) is 2. The van der Waals surface area contributed by atoms with Gasteiger partial charge in [0.05, 0.1) is 6.42 Å². The Morgan fingerprint density at radius 2 is 1.60 bits per heavy atom. The Labute approximate surface area is 232 Å². The van der Waals surface area contributed by atoms with E-state index >= 15 is 0 Å². The molecule has 4 rings (SSSR count). The zero-order valence-corrected chi connectivity index (χ0v) is 22.3. The number of carbonyl (C=O) groups excluding carboxylic acids is 2. The number of rotatable bonds is 11. The quantitative estimate of drug-likeness (QED) is 0.227. The largest absolute Gasteiger partial charge is 0.488 e. The summed E-state index contributed by atoms with van der Waals surface area (Å²) < 4.78 is 5.47. The van der Waals surface area contributed by atoms with Crippen molar-refractivity contribution in [2.75, 3.05) is 20.7 Å². The predicted octanol–water partition coefficient (Wildman–Crippen LogP) is 1.43. The van der Waals surface area contributed by atoms with Crippen molar-refractivity contribution in [3.05, 3.63) is 89.0 Å². The minimum absolute atomic E-state index is 0.0106. The number of fused-ring (bicyclic) bond motifs is 3. The van der Waals surface area contributed by atoms with Crippen LogP contribution in [0.5, 0.6) is 0 Å². The van der Waals surface area contributed by atoms with Gasteiger partial charge in [0.25, 0.3) is 0 Å². The van der Waals surface area contributed by atoms with E-state index in [4.69, 9.17) is 4.74 Å². The van der Waals surface area contributed by atoms with Gasteiger partial charge < -0.3 is 35.4 Å². The van der Waals surface area contributed by atoms with Gasteiger partial charge >= 0.3 is 19.2 Å². The van der Waals surface area contributed by atoms with Gasteiger partial charge in [-0.3, -0.25) is 9.59 Å². The van der Waals surface area contributed by atoms with Crippen LogP contribution in [-0.4, -0.2) is 71.9 Å². The second-order valence-corrected chi connectivity index (χ2v) is 9.98. The van der Waals surface area contributed by atoms with Crippen LogP contribution in [-0.2, 0) is 27.4 Å². The van der Waals surface area contributed by atoms with Crippen molar-refractivity contribution >= 4 is 30.6 Å². The number of carboxylic acids is 1. The van der Waals surface area contributed by atoms with Crippen LogP contribution in [0.4, 0.5) is 4.79 Å². The highest BCUT2D eigenvalue weighted by Crippen LogP contribution is 2.44. The minimum atomic E-state index is -1.69. The number of hydrogen-bond acceptors (Lipinski definition) is 7. The first-order valence-corrected chi connectivity index (χ1v) is 12.9. The molecular weight excluding hydrogens is 513 g/mol. The van der Waals surface area contributed by atoms with Crippen LogP contribution in [0.1, 0.15) is 34.6 Å². The molecule has 3 aromatic rings. The highest BCUT2D eigenvalue weighted by atomic mass is 16.5. The monoisotopic (exact) mass is 545 g/mol. The Bertz CT molecular complexity index is 1350. The first-order valence-electron chi connectivity index (χ1n) is 12.9. The number of ether oxygens (including phenoxy) is 1. The lowest BCUT2D eigenvalue weighted by molar-refractivity contribution is -0.139. The molecule has 3 aromatic carbocycles. The zero-order valence-electron chi connectivity index (χ0n) is 22.3. The normalized spacial score (nSPS) is 12.8. The van der Waals surface area contributed by atoms with Gasteiger partial charge in [-0.25, -0.2) is 4.79 Å². The van der Waals surface area contributed by atoms with Crippen LogP contribution >= 0.6 is 0 Å². The number of aliphatic carboxylic acids is 1. The lowest BCUT2D eigenvalue weighted by Gasteiger charge is -2.19. The molecule has 2 amide bonds. The van der Waals surface area contributed by atoms with E-state index in [9.17, 15) is 29.5 Å². The Morgan fingerprint density at radius 1 is 0.975 bits per heavy atom. The maximum Gasteiger partial charge on any atom is 0.488 e. The molecule has 11 heteroatoms. The summed E-state index contributed by atoms with van der Waals surface area (Å²) in [4.78, 5) is 38.8. The minimum Gasteiger partial charge on any atom is -0.481 e. The van der Waals surface area contributed by atoms with E-state index < -0.39 is 37.6 Å². The van der Waals surface area contributed by atoms with E-state index in [1.165, 1.54) is 0 Å². The van der Waals surface area contributed by atoms with Crippen molar-refractivity contribution in [3.63, 3.8) is 0 Å². The Hall–Kier alpha value is -4.19. The second kappa shape index (κ2) is 12.8. The molecule has 10 nitrogen and oxygen atoms in total. The molecule has 40 heavy (non-hydrogen) atoms. The van der Waals surface area contributed by atoms with Gasteiger partial charge in [0.1, 0.15) is 12.6 Å². The molecule has 0 radical (unpaired) electrons. The fraction of sp³-hybridized carbons (Fsp3) is 0.276. The third kappa shape index (κ3) is 6.87. The third-order valence-electron chi connectivity index (χ3n) is 6.77. The molecule has 208 valence electrons. The number of alkyl carbamates (subject to hydrolysis) is 1. The molecule has 1 unspecified atom stereocenters. The maximum atomic E-state index is 12.9. The number of benzene rings is 3. The average molecular weight is 545 g/mol. The second-order valence-electron chi connectivity index (χ2n) is 9.98. The van der Waals surface area contributed by atoms with Gasteiger partial charge in [0, 0.05) is 19.0 Å². The highest BCUT2D eigenvalue weighted by Gasteiger charge is 2.30. The molecule has 0 spiro atoms. The Balaban J connectivity index is 1.38. The first-order chi connectivity index (χ1) is 19.1. The van der Waals surface area contributed by atoms with Gasteiger partial charge in [0.2, 0.25) is 5.91 Å². The Morgan fingerprint density at radius 3 is 2.17 bits per heavy atom. The van der Waals surface area contributed by atoms with Crippen molar-refractivity contribution in [1.29, 1.82) is 0 Å². The number of amides is 2. The summed E-state index contributed by atoms with van der Waals surface area (Å²) in [7, 11) is 2.02. The highest BCUT2D eigenvalue weighted by molar-refractivity contribution is 6.59. The first kappa shape index (κ1) is 28.8. The van der Waals surface area contributed by atoms with Crippen LogP contribution in [0.3, 0.4) is 0 Å². The van der Waals surface area contributed by atoms with E-state index in [1.54, 1.807) is 18.2 Å². The molecule has 0 saturated heterocycles. The van der Waals surface area contributed by atoms with Crippen LogP contribution in [0, 0.1) is 0 Å². The molecule has 0 saturated carbocycles. The maximum absolute atomic E-state index is 12.9. The summed E-state index contributed by atoms with van der Waals surface area (Å²) in [5, 5.41) is 33.8. The Kier molecular flexibility index (Phi) is 9.20. The molecule has 1 atom stereocenters. The SMILES string of the molecule is CN(C)Cc1ccc(CNC(=O)C(CC(=O)O)NC(=O)OCC2c3ccccc3-c3ccccc32)cc1B(O)O. The average Bonchev–Trinajstić information content (AvgIpc) is 3.23. The van der Waals surface area contributed by atoms with Crippen molar-refractivity contribution in [2.45, 2.75) is 31.5 Å². The van der Waals surface area contributed by atoms with Gasteiger partial charge in [-0.15, -0.1) is 0 Å². The summed E-state index contributed by atoms with van der Waals surface area (Å²) in [6.07, 6.45) is -1.54. The number of carboxylic acid groups (broad SMARTS) is 1. The molecule has 0 aromatic heterocycles. The zero-order chi connectivity index (χ0) is 28.8. The van der Waals surface area contributed by atoms with Crippen LogP contribution in [0.15, 0.2) is 66.7 Å². The number of nitrogens with zero attached hydrogens (tertiary/aromatic N) is 1. The standard InChI is InChI=1S/C29H32BN3O7/c1-33(2)16-19-12-11-18(13-25(19)30(38)39)15-31-28(36)26(14-27(34)35)32-29(37)40-17-24-22-9-5-3-7-20(22)21-8-4-6-10-23(21)24/h3-13,24,26,38-39H,14-17H2,1-2H3,(H,31,36)(H,32,37)(H,34,35). The molecular formula is C29H32BN3O7. The molecule has 1 aliphatic carbocycles. The van der Waals surface area contributed by atoms with Gasteiger partial charge in [-0.1, -0.05) is 66.7 Å². The van der Waals surface area contributed by atoms with Crippen LogP contribution in [0.25, 0.3) is 11.1 Å². The van der Waals surface area contributed by atoms with Crippen molar-refractivity contribution in [2.24, 2.45) is 0 Å². The van der Waals surface area contributed by atoms with Crippen LogP contribution < -0.4 is 16.1 Å². The summed E-state index contributed by atoms with van der Waals surface area (Å²) in [6, 6.07) is 19.4. The van der Waals surface area contributed by atoms with E-state index in [-0.39, 0.29) is 19.1 Å². The number of hydrogen-bond donors (Lipinski definition) is 5. The number of carbonyl (C=O) groups is 3. The van der Waals surface area contributed by atoms with Gasteiger partial charge in [-0.05, 0) is 52.9 Å². The smallest absolute Gasteiger partial charge is 0.481 e. The molecule has 5 N–H and O–H groups in total. The predicted molar refractivity (Wildman–Crippen MR) is 150 cm³/mol. The molecule has 0 aliphatic heterocycles. The summed E-state index contributed by atoms with van der Waals surface area (Å²) in [6.45, 7) is 0.500. The van der Waals surface area contributed by atoms with Gasteiger partial charge in [0.15, 0.2) is 0 Å². The van der Waals surface area contributed by atoms with E-state index in [1.807, 2.05) is 67.5 Å². The van der Waals surface area contributed by atoms with Crippen molar-refractivity contribution < 1.29 is 34.3 Å². The molecule has 0 bridgehead atoms. The van der Waals surface area contributed by atoms with E-state index in [2.05, 4.69) is 10.6 Å². The topological polar surface area (TPSA) is 148 Å². The van der Waals surface area contributed by atoms with Crippen LogP contribution in [0.2, 0.25) is 0 Å². The van der Waals surface area contributed by atoms with E-state index in [0.717, 1.165) is 27.8 Å². The van der Waals surface area contributed by atoms with Crippen molar-refractivity contribution in [3.8, 4) is 11.1 Å². The van der Waals surface area contributed by atoms with Gasteiger partial charge in [-0.2, -0.15) is 0 Å². The lowest BCUT2D eigenvalue weighted by atomic mass is 9.76. The molecule has 0 fully saturated rings. The fourth-order valence-electron chi connectivity index (χ4n) is 4.96. The third-order valence-corrected chi connectivity index (χ3v) is 6.77. The molecule has 0 heterocycles. The molecule has 1 aliphatic rings. The lowest BCUT2D eigenvalue weighted by Crippen LogP contribution is -2.48. The van der Waals surface area contributed by atoms with E-state index in [0.29, 0.717) is 17.6 Å². The summed E-state index contributed by atoms with van der Waals surface area (Å²) >= 11 is 0. The summed E-state index contributed by atoms with van der Waals surface area (Å²) in [5.74, 6) is -2.16. The fourth-order valence-corrected chi connectivity index (χ4v) is 4.96.